The van der Waals surface area contributed by atoms with Crippen LogP contribution in [-0.4, -0.2) is 48.4 Å². The van der Waals surface area contributed by atoms with Gasteiger partial charge in [-0.25, -0.2) is 0 Å². The molecular weight excluding hydrogens is 288 g/mol. The van der Waals surface area contributed by atoms with Crippen LogP contribution < -0.4 is 10.1 Å². The number of para-hydroxylation sites is 2. The Balaban J connectivity index is 1.39. The van der Waals surface area contributed by atoms with Crippen molar-refractivity contribution >= 4 is 5.69 Å². The van der Waals surface area contributed by atoms with Gasteiger partial charge < -0.3 is 15.2 Å². The summed E-state index contributed by atoms with van der Waals surface area (Å²) in [6, 6.07) is 20.4. The zero-order chi connectivity index (χ0) is 15.9. The van der Waals surface area contributed by atoms with Crippen molar-refractivity contribution in [3.05, 3.63) is 60.7 Å². The summed E-state index contributed by atoms with van der Waals surface area (Å²) >= 11 is 0. The van der Waals surface area contributed by atoms with Crippen molar-refractivity contribution in [3.8, 4) is 5.75 Å². The van der Waals surface area contributed by atoms with E-state index in [9.17, 15) is 5.11 Å². The first-order chi connectivity index (χ1) is 11.3. The van der Waals surface area contributed by atoms with Crippen molar-refractivity contribution in [1.29, 1.82) is 0 Å². The fourth-order valence-corrected chi connectivity index (χ4v) is 2.95. The number of ether oxygens (including phenoxy) is 1. The van der Waals surface area contributed by atoms with Crippen LogP contribution in [0.5, 0.6) is 5.75 Å². The molecule has 122 valence electrons. The van der Waals surface area contributed by atoms with Crippen molar-refractivity contribution < 1.29 is 9.84 Å². The Morgan fingerprint density at radius 1 is 1.09 bits per heavy atom. The van der Waals surface area contributed by atoms with Gasteiger partial charge in [0.05, 0.1) is 0 Å². The second kappa shape index (κ2) is 7.99. The number of benzene rings is 2. The van der Waals surface area contributed by atoms with E-state index in [1.165, 1.54) is 0 Å². The molecule has 0 saturated carbocycles. The first kappa shape index (κ1) is 15.8. The van der Waals surface area contributed by atoms with Crippen molar-refractivity contribution in [2.75, 3.05) is 31.6 Å². The molecule has 1 heterocycles. The van der Waals surface area contributed by atoms with Crippen molar-refractivity contribution in [3.63, 3.8) is 0 Å². The number of hydrogen-bond donors (Lipinski definition) is 2. The SMILES string of the molecule is OC(COc1ccccc1)CN1CCC(Nc2ccccc2)C1. The summed E-state index contributed by atoms with van der Waals surface area (Å²) in [6.45, 7) is 2.95. The van der Waals surface area contributed by atoms with E-state index in [0.29, 0.717) is 19.2 Å². The first-order valence-corrected chi connectivity index (χ1v) is 8.19. The Hall–Kier alpha value is -2.04. The highest BCUT2D eigenvalue weighted by molar-refractivity contribution is 5.43. The van der Waals surface area contributed by atoms with Gasteiger partial charge in [0.2, 0.25) is 0 Å². The van der Waals surface area contributed by atoms with Gasteiger partial charge in [0.25, 0.3) is 0 Å². The summed E-state index contributed by atoms with van der Waals surface area (Å²) < 4.78 is 5.61. The van der Waals surface area contributed by atoms with Gasteiger partial charge in [-0.2, -0.15) is 0 Å². The van der Waals surface area contributed by atoms with Gasteiger partial charge in [0.1, 0.15) is 18.5 Å². The fourth-order valence-electron chi connectivity index (χ4n) is 2.95. The second-order valence-corrected chi connectivity index (χ2v) is 6.03. The van der Waals surface area contributed by atoms with Gasteiger partial charge in [0.15, 0.2) is 0 Å². The average Bonchev–Trinajstić information content (AvgIpc) is 3.02. The van der Waals surface area contributed by atoms with Crippen LogP contribution in [0, 0.1) is 0 Å². The highest BCUT2D eigenvalue weighted by Gasteiger charge is 2.24. The van der Waals surface area contributed by atoms with Crippen LogP contribution >= 0.6 is 0 Å². The predicted octanol–water partition coefficient (Wildman–Crippen LogP) is 2.61. The predicted molar refractivity (Wildman–Crippen MR) is 92.9 cm³/mol. The largest absolute Gasteiger partial charge is 0.491 e. The minimum atomic E-state index is -0.467. The minimum absolute atomic E-state index is 0.331. The maximum Gasteiger partial charge on any atom is 0.119 e. The summed E-state index contributed by atoms with van der Waals surface area (Å²) in [7, 11) is 0. The summed E-state index contributed by atoms with van der Waals surface area (Å²) in [5.74, 6) is 0.802. The topological polar surface area (TPSA) is 44.7 Å². The summed E-state index contributed by atoms with van der Waals surface area (Å²) in [4.78, 5) is 2.29. The third-order valence-electron chi connectivity index (χ3n) is 4.07. The van der Waals surface area contributed by atoms with E-state index in [2.05, 4.69) is 22.3 Å². The number of nitrogens with one attached hydrogen (secondary N) is 1. The molecule has 1 aliphatic rings. The molecule has 0 spiro atoms. The zero-order valence-electron chi connectivity index (χ0n) is 13.3. The molecule has 1 saturated heterocycles. The molecule has 0 aromatic heterocycles. The molecule has 0 amide bonds. The smallest absolute Gasteiger partial charge is 0.119 e. The quantitative estimate of drug-likeness (QED) is 0.825. The average molecular weight is 312 g/mol. The lowest BCUT2D eigenvalue weighted by Crippen LogP contribution is -2.35. The Morgan fingerprint density at radius 3 is 2.52 bits per heavy atom. The minimum Gasteiger partial charge on any atom is -0.491 e. The fraction of sp³-hybridized carbons (Fsp3) is 0.368. The van der Waals surface area contributed by atoms with E-state index < -0.39 is 6.10 Å². The summed E-state index contributed by atoms with van der Waals surface area (Å²) in [5.41, 5.74) is 1.16. The van der Waals surface area contributed by atoms with E-state index in [1.54, 1.807) is 0 Å². The van der Waals surface area contributed by atoms with Crippen LogP contribution in [0.25, 0.3) is 0 Å². The number of β-amino-alcohol motifs (C(OH)–C–C–N with tert-alkyl or cyclic N) is 1. The van der Waals surface area contributed by atoms with Gasteiger partial charge in [-0.1, -0.05) is 36.4 Å². The lowest BCUT2D eigenvalue weighted by atomic mass is 10.2. The lowest BCUT2D eigenvalue weighted by molar-refractivity contribution is 0.0756. The number of anilines is 1. The molecule has 1 fully saturated rings. The maximum absolute atomic E-state index is 10.2. The van der Waals surface area contributed by atoms with Gasteiger partial charge in [-0.15, -0.1) is 0 Å². The zero-order valence-corrected chi connectivity index (χ0v) is 13.3. The van der Waals surface area contributed by atoms with Crippen molar-refractivity contribution in [2.24, 2.45) is 0 Å². The van der Waals surface area contributed by atoms with Crippen molar-refractivity contribution in [2.45, 2.75) is 18.6 Å². The Labute approximate surface area is 137 Å². The third-order valence-corrected chi connectivity index (χ3v) is 4.07. The van der Waals surface area contributed by atoms with Gasteiger partial charge in [0, 0.05) is 31.4 Å². The normalized spacial score (nSPS) is 19.4. The van der Waals surface area contributed by atoms with Crippen LogP contribution in [0.2, 0.25) is 0 Å². The molecular formula is C19H24N2O2. The third kappa shape index (κ3) is 4.98. The molecule has 2 N–H and O–H groups in total. The monoisotopic (exact) mass is 312 g/mol. The molecule has 2 atom stereocenters. The molecule has 2 aromatic carbocycles. The van der Waals surface area contributed by atoms with Crippen LogP contribution in [0.1, 0.15) is 6.42 Å². The molecule has 0 aliphatic carbocycles. The van der Waals surface area contributed by atoms with Gasteiger partial charge in [-0.05, 0) is 30.7 Å². The first-order valence-electron chi connectivity index (χ1n) is 8.19. The van der Waals surface area contributed by atoms with Crippen molar-refractivity contribution in [1.82, 2.24) is 4.90 Å². The van der Waals surface area contributed by atoms with Gasteiger partial charge in [-0.3, -0.25) is 4.90 Å². The number of rotatable bonds is 7. The molecule has 0 radical (unpaired) electrons. The lowest BCUT2D eigenvalue weighted by Gasteiger charge is -2.21. The summed E-state index contributed by atoms with van der Waals surface area (Å²) in [5, 5.41) is 13.7. The number of aliphatic hydroxyl groups excluding tert-OH is 1. The van der Waals surface area contributed by atoms with Crippen LogP contribution in [0.15, 0.2) is 60.7 Å². The Bertz CT molecular complexity index is 576. The number of hydrogen-bond acceptors (Lipinski definition) is 4. The van der Waals surface area contributed by atoms with Crippen LogP contribution in [0.3, 0.4) is 0 Å². The van der Waals surface area contributed by atoms with Crippen LogP contribution in [0.4, 0.5) is 5.69 Å². The molecule has 2 unspecified atom stereocenters. The molecule has 2 aromatic rings. The summed E-state index contributed by atoms with van der Waals surface area (Å²) in [6.07, 6.45) is 0.631. The molecule has 1 aliphatic heterocycles. The maximum atomic E-state index is 10.2. The second-order valence-electron chi connectivity index (χ2n) is 6.03. The van der Waals surface area contributed by atoms with Gasteiger partial charge >= 0.3 is 0 Å². The Morgan fingerprint density at radius 2 is 1.78 bits per heavy atom. The number of likely N-dealkylation sites (tertiary alicyclic amines) is 1. The number of aliphatic hydroxyl groups is 1. The van der Waals surface area contributed by atoms with E-state index in [4.69, 9.17) is 4.74 Å². The molecule has 23 heavy (non-hydrogen) atoms. The highest BCUT2D eigenvalue weighted by atomic mass is 16.5. The van der Waals surface area contributed by atoms with E-state index in [-0.39, 0.29) is 0 Å². The number of nitrogens with zero attached hydrogens (tertiary/aromatic N) is 1. The van der Waals surface area contributed by atoms with E-state index in [0.717, 1.165) is 30.9 Å². The molecule has 4 heteroatoms. The van der Waals surface area contributed by atoms with E-state index >= 15 is 0 Å². The molecule has 4 nitrogen and oxygen atoms in total. The standard InChI is InChI=1S/C19H24N2O2/c22-18(15-23-19-9-5-2-6-10-19)14-21-12-11-17(13-21)20-16-7-3-1-4-8-16/h1-10,17-18,20,22H,11-15H2. The molecule has 3 rings (SSSR count). The molecule has 0 bridgehead atoms. The van der Waals surface area contributed by atoms with Crippen LogP contribution in [-0.2, 0) is 0 Å². The highest BCUT2D eigenvalue weighted by Crippen LogP contribution is 2.16. The van der Waals surface area contributed by atoms with E-state index in [1.807, 2.05) is 48.5 Å². The Kier molecular flexibility index (Phi) is 5.51.